The molecule has 0 spiro atoms. The van der Waals surface area contributed by atoms with Crippen LogP contribution in [0.3, 0.4) is 0 Å². The van der Waals surface area contributed by atoms with Gasteiger partial charge in [0.2, 0.25) is 0 Å². The van der Waals surface area contributed by atoms with Crippen LogP contribution in [-0.4, -0.2) is 4.57 Å². The first-order valence-electron chi connectivity index (χ1n) is 6.78. The number of aryl methyl sites for hydroxylation is 1. The van der Waals surface area contributed by atoms with E-state index in [0.717, 1.165) is 0 Å². The zero-order chi connectivity index (χ0) is 13.5. The van der Waals surface area contributed by atoms with Gasteiger partial charge in [0.05, 0.1) is 18.6 Å². The van der Waals surface area contributed by atoms with Gasteiger partial charge >= 0.3 is 0 Å². The van der Waals surface area contributed by atoms with Gasteiger partial charge in [-0.3, -0.25) is 0 Å². The van der Waals surface area contributed by atoms with Gasteiger partial charge in [0.25, 0.3) is 5.65 Å². The first kappa shape index (κ1) is 11.2. The van der Waals surface area contributed by atoms with Crippen molar-refractivity contribution < 1.29 is 4.40 Å². The van der Waals surface area contributed by atoms with Gasteiger partial charge in [-0.05, 0) is 17.5 Å². The number of fused-ring (bicyclic) bond motifs is 3. The number of benzene rings is 2. The zero-order valence-electron chi connectivity index (χ0n) is 11.3. The highest BCUT2D eigenvalue weighted by Gasteiger charge is 2.17. The number of aromatic nitrogens is 2. The second-order valence-electron chi connectivity index (χ2n) is 5.07. The summed E-state index contributed by atoms with van der Waals surface area (Å²) in [7, 11) is 2.13. The minimum absolute atomic E-state index is 1.22. The van der Waals surface area contributed by atoms with E-state index in [2.05, 4.69) is 89.1 Å². The Morgan fingerprint density at radius 3 is 2.45 bits per heavy atom. The fourth-order valence-electron chi connectivity index (χ4n) is 2.88. The summed E-state index contributed by atoms with van der Waals surface area (Å²) in [5, 5.41) is 2.55. The van der Waals surface area contributed by atoms with Crippen LogP contribution in [0.5, 0.6) is 0 Å². The molecule has 2 aromatic heterocycles. The molecule has 2 heterocycles. The number of nitrogens with zero attached hydrogens (tertiary/aromatic N) is 2. The molecule has 0 fully saturated rings. The van der Waals surface area contributed by atoms with Gasteiger partial charge in [0, 0.05) is 5.56 Å². The highest BCUT2D eigenvalue weighted by Crippen LogP contribution is 2.23. The molecule has 0 atom stereocenters. The van der Waals surface area contributed by atoms with Gasteiger partial charge in [0.1, 0.15) is 6.20 Å². The Bertz CT molecular complexity index is 905. The van der Waals surface area contributed by atoms with Crippen molar-refractivity contribution in [2.45, 2.75) is 0 Å². The molecule has 4 rings (SSSR count). The average molecular weight is 259 g/mol. The monoisotopic (exact) mass is 259 g/mol. The summed E-state index contributed by atoms with van der Waals surface area (Å²) in [5.41, 5.74) is 3.69. The van der Waals surface area contributed by atoms with E-state index in [0.29, 0.717) is 0 Å². The van der Waals surface area contributed by atoms with Gasteiger partial charge in [-0.15, -0.1) is 0 Å². The smallest absolute Gasteiger partial charge is 0.225 e. The second-order valence-corrected chi connectivity index (χ2v) is 5.07. The van der Waals surface area contributed by atoms with Gasteiger partial charge in [-0.1, -0.05) is 48.5 Å². The molecular formula is C18H15N2+. The summed E-state index contributed by atoms with van der Waals surface area (Å²) in [6, 6.07) is 21.2. The van der Waals surface area contributed by atoms with E-state index in [1.807, 2.05) is 0 Å². The third kappa shape index (κ3) is 1.55. The molecule has 20 heavy (non-hydrogen) atoms. The summed E-state index contributed by atoms with van der Waals surface area (Å²) in [6.07, 6.45) is 4.32. The van der Waals surface area contributed by atoms with Crippen LogP contribution in [0.4, 0.5) is 0 Å². The normalized spacial score (nSPS) is 11.2. The third-order valence-electron chi connectivity index (χ3n) is 3.87. The topological polar surface area (TPSA) is 9.03 Å². The molecule has 96 valence electrons. The fraction of sp³-hybridized carbons (Fsp3) is 0.0556. The van der Waals surface area contributed by atoms with Crippen LogP contribution in [0.15, 0.2) is 73.1 Å². The summed E-state index contributed by atoms with van der Waals surface area (Å²) < 4.78 is 4.46. The molecule has 0 N–H and O–H groups in total. The number of hydrogen-bond acceptors (Lipinski definition) is 0. The summed E-state index contributed by atoms with van der Waals surface area (Å²) in [4.78, 5) is 0. The Hall–Kier alpha value is -2.61. The fourth-order valence-corrected chi connectivity index (χ4v) is 2.88. The lowest BCUT2D eigenvalue weighted by molar-refractivity contribution is -0.509. The molecule has 0 aliphatic rings. The number of rotatable bonds is 1. The molecule has 0 saturated heterocycles. The maximum Gasteiger partial charge on any atom is 0.294 e. The molecular weight excluding hydrogens is 244 g/mol. The Labute approximate surface area is 117 Å². The largest absolute Gasteiger partial charge is 0.294 e. The Morgan fingerprint density at radius 2 is 1.60 bits per heavy atom. The lowest BCUT2D eigenvalue weighted by Crippen LogP contribution is -2.18. The summed E-state index contributed by atoms with van der Waals surface area (Å²) in [6.45, 7) is 0. The molecule has 0 aliphatic carbocycles. The highest BCUT2D eigenvalue weighted by atomic mass is 15.1. The van der Waals surface area contributed by atoms with Crippen LogP contribution in [0.2, 0.25) is 0 Å². The van der Waals surface area contributed by atoms with Crippen LogP contribution in [0.25, 0.3) is 27.7 Å². The van der Waals surface area contributed by atoms with Gasteiger partial charge in [0.15, 0.2) is 5.69 Å². The van der Waals surface area contributed by atoms with Crippen molar-refractivity contribution >= 4 is 16.4 Å². The van der Waals surface area contributed by atoms with E-state index in [1.54, 1.807) is 0 Å². The van der Waals surface area contributed by atoms with Crippen LogP contribution in [0.1, 0.15) is 0 Å². The van der Waals surface area contributed by atoms with E-state index in [4.69, 9.17) is 0 Å². The first-order valence-corrected chi connectivity index (χ1v) is 6.78. The van der Waals surface area contributed by atoms with E-state index in [1.165, 1.54) is 27.7 Å². The predicted molar refractivity (Wildman–Crippen MR) is 81.5 cm³/mol. The Morgan fingerprint density at radius 1 is 0.850 bits per heavy atom. The van der Waals surface area contributed by atoms with E-state index < -0.39 is 0 Å². The third-order valence-corrected chi connectivity index (χ3v) is 3.87. The van der Waals surface area contributed by atoms with Crippen molar-refractivity contribution in [2.24, 2.45) is 7.05 Å². The molecule has 0 amide bonds. The predicted octanol–water partition coefficient (Wildman–Crippen LogP) is 3.58. The quantitative estimate of drug-likeness (QED) is 0.462. The zero-order valence-corrected chi connectivity index (χ0v) is 11.3. The average Bonchev–Trinajstić information content (AvgIpc) is 2.86. The van der Waals surface area contributed by atoms with Gasteiger partial charge < -0.3 is 0 Å². The standard InChI is InChI=1S/C18H15N2/c1-19-17(15-8-3-2-4-9-15)13-20-12-11-14-7-5-6-10-16(14)18(19)20/h2-13H,1H3/q+1. The first-order chi connectivity index (χ1) is 9.84. The van der Waals surface area contributed by atoms with Crippen molar-refractivity contribution in [1.82, 2.24) is 4.57 Å². The van der Waals surface area contributed by atoms with Crippen LogP contribution in [-0.2, 0) is 7.05 Å². The van der Waals surface area contributed by atoms with Crippen LogP contribution >= 0.6 is 0 Å². The molecule has 2 heteroatoms. The SMILES string of the molecule is Cn1c(-c2ccccc2)c[n+]2ccc3ccccc3c12. The van der Waals surface area contributed by atoms with E-state index >= 15 is 0 Å². The molecule has 0 saturated carbocycles. The van der Waals surface area contributed by atoms with Crippen molar-refractivity contribution in [1.29, 1.82) is 0 Å². The molecule has 0 radical (unpaired) electrons. The van der Waals surface area contributed by atoms with Gasteiger partial charge in [-0.25, -0.2) is 8.97 Å². The maximum absolute atomic E-state index is 2.26. The number of imidazole rings is 1. The minimum atomic E-state index is 1.22. The molecule has 0 bridgehead atoms. The second kappa shape index (κ2) is 4.20. The molecule has 2 aromatic carbocycles. The Kier molecular flexibility index (Phi) is 2.36. The molecule has 0 aliphatic heterocycles. The van der Waals surface area contributed by atoms with E-state index in [9.17, 15) is 0 Å². The van der Waals surface area contributed by atoms with Gasteiger partial charge in [-0.2, -0.15) is 0 Å². The highest BCUT2D eigenvalue weighted by molar-refractivity contribution is 5.92. The van der Waals surface area contributed by atoms with Crippen LogP contribution in [0, 0.1) is 0 Å². The van der Waals surface area contributed by atoms with E-state index in [-0.39, 0.29) is 0 Å². The minimum Gasteiger partial charge on any atom is -0.225 e. The lowest BCUT2D eigenvalue weighted by Gasteiger charge is -1.98. The Balaban J connectivity index is 2.11. The van der Waals surface area contributed by atoms with Crippen molar-refractivity contribution in [3.05, 3.63) is 73.1 Å². The molecule has 0 unspecified atom stereocenters. The molecule has 2 nitrogen and oxygen atoms in total. The van der Waals surface area contributed by atoms with Crippen LogP contribution < -0.4 is 4.40 Å². The maximum atomic E-state index is 2.26. The summed E-state index contributed by atoms with van der Waals surface area (Å²) in [5.74, 6) is 0. The number of hydrogen-bond donors (Lipinski definition) is 0. The van der Waals surface area contributed by atoms with Crippen molar-refractivity contribution in [3.63, 3.8) is 0 Å². The summed E-state index contributed by atoms with van der Waals surface area (Å²) >= 11 is 0. The number of pyridine rings is 1. The van der Waals surface area contributed by atoms with Crippen molar-refractivity contribution in [2.75, 3.05) is 0 Å². The van der Waals surface area contributed by atoms with Crippen molar-refractivity contribution in [3.8, 4) is 11.3 Å². The lowest BCUT2D eigenvalue weighted by atomic mass is 10.1. The molecule has 4 aromatic rings.